The van der Waals surface area contributed by atoms with E-state index in [0.29, 0.717) is 17.3 Å². The lowest BCUT2D eigenvalue weighted by Crippen LogP contribution is -2.32. The van der Waals surface area contributed by atoms with Crippen molar-refractivity contribution in [2.24, 2.45) is 7.05 Å². The van der Waals surface area contributed by atoms with Crippen molar-refractivity contribution < 1.29 is 14.3 Å². The maximum absolute atomic E-state index is 12.1. The van der Waals surface area contributed by atoms with E-state index in [0.717, 1.165) is 11.4 Å². The summed E-state index contributed by atoms with van der Waals surface area (Å²) >= 11 is 1.48. The molecule has 2 aromatic rings. The zero-order valence-electron chi connectivity index (χ0n) is 13.7. The Hall–Kier alpha value is -2.15. The second-order valence-electron chi connectivity index (χ2n) is 4.98. The first-order valence-corrected chi connectivity index (χ1v) is 8.47. The van der Waals surface area contributed by atoms with Crippen LogP contribution in [0.25, 0.3) is 0 Å². The van der Waals surface area contributed by atoms with E-state index in [1.165, 1.54) is 11.8 Å². The minimum absolute atomic E-state index is 0.0488. The second kappa shape index (κ2) is 7.92. The summed E-state index contributed by atoms with van der Waals surface area (Å²) in [5.74, 6) is 2.42. The zero-order chi connectivity index (χ0) is 16.8. The third-order valence-corrected chi connectivity index (χ3v) is 3.96. The van der Waals surface area contributed by atoms with Crippen LogP contribution in [0.3, 0.4) is 0 Å². The molecule has 7 heteroatoms. The van der Waals surface area contributed by atoms with E-state index in [4.69, 9.17) is 9.47 Å². The number of aromatic nitrogens is 2. The molecule has 1 aromatic carbocycles. The molecule has 1 unspecified atom stereocenters. The molecule has 1 aromatic heterocycles. The minimum atomic E-state index is -0.376. The van der Waals surface area contributed by atoms with Gasteiger partial charge < -0.3 is 19.4 Å². The molecular weight excluding hydrogens is 314 g/mol. The monoisotopic (exact) mass is 335 g/mol. The lowest BCUT2D eigenvalue weighted by Gasteiger charge is -2.20. The van der Waals surface area contributed by atoms with Crippen LogP contribution in [-0.2, 0) is 11.8 Å². The number of carbonyl (C=O) groups excluding carboxylic acids is 1. The Morgan fingerprint density at radius 2 is 1.96 bits per heavy atom. The van der Waals surface area contributed by atoms with Gasteiger partial charge in [-0.3, -0.25) is 4.79 Å². The Bertz CT molecular complexity index is 650. The van der Waals surface area contributed by atoms with Crippen LogP contribution >= 0.6 is 11.8 Å². The maximum Gasteiger partial charge on any atom is 0.230 e. The molecule has 0 aliphatic heterocycles. The number of ether oxygens (including phenoxy) is 2. The summed E-state index contributed by atoms with van der Waals surface area (Å²) in [4.78, 5) is 16.5. The van der Waals surface area contributed by atoms with Crippen LogP contribution in [-0.4, -0.2) is 41.7 Å². The van der Waals surface area contributed by atoms with E-state index in [9.17, 15) is 4.79 Å². The number of hydrogen-bond acceptors (Lipinski definition) is 5. The Morgan fingerprint density at radius 1 is 1.30 bits per heavy atom. The highest BCUT2D eigenvalue weighted by Gasteiger charge is 2.22. The standard InChI is InChI=1S/C16H21N3O3S/c1-19-6-5-17-16(19)15(18-14(20)10-23-4)11-7-12(21-2)9-13(8-11)22-3/h5-9,15H,10H2,1-4H3,(H,18,20). The van der Waals surface area contributed by atoms with Gasteiger partial charge in [0.25, 0.3) is 0 Å². The molecule has 1 heterocycles. The lowest BCUT2D eigenvalue weighted by molar-refractivity contribution is -0.119. The van der Waals surface area contributed by atoms with E-state index in [-0.39, 0.29) is 11.9 Å². The Morgan fingerprint density at radius 3 is 2.43 bits per heavy atom. The van der Waals surface area contributed by atoms with E-state index in [1.807, 2.05) is 36.2 Å². The molecule has 0 saturated heterocycles. The summed E-state index contributed by atoms with van der Waals surface area (Å²) in [6.45, 7) is 0. The van der Waals surface area contributed by atoms with Gasteiger partial charge in [-0.25, -0.2) is 4.98 Å². The first kappa shape index (κ1) is 17.2. The third-order valence-electron chi connectivity index (χ3n) is 3.40. The van der Waals surface area contributed by atoms with Crippen LogP contribution < -0.4 is 14.8 Å². The van der Waals surface area contributed by atoms with Crippen LogP contribution in [0.2, 0.25) is 0 Å². The summed E-state index contributed by atoms with van der Waals surface area (Å²) in [6, 6.07) is 5.17. The minimum Gasteiger partial charge on any atom is -0.497 e. The normalized spacial score (nSPS) is 11.8. The van der Waals surface area contributed by atoms with Crippen LogP contribution in [0.5, 0.6) is 11.5 Å². The summed E-state index contributed by atoms with van der Waals surface area (Å²) in [5.41, 5.74) is 0.852. The van der Waals surface area contributed by atoms with E-state index in [1.54, 1.807) is 26.5 Å². The van der Waals surface area contributed by atoms with E-state index >= 15 is 0 Å². The molecule has 23 heavy (non-hydrogen) atoms. The molecule has 0 bridgehead atoms. The smallest absolute Gasteiger partial charge is 0.230 e. The number of methoxy groups -OCH3 is 2. The molecule has 1 amide bonds. The number of carbonyl (C=O) groups is 1. The molecular formula is C16H21N3O3S. The molecule has 1 N–H and O–H groups in total. The Balaban J connectivity index is 2.44. The van der Waals surface area contributed by atoms with Gasteiger partial charge in [-0.05, 0) is 24.0 Å². The maximum atomic E-state index is 12.1. The first-order valence-electron chi connectivity index (χ1n) is 7.07. The highest BCUT2D eigenvalue weighted by Crippen LogP contribution is 2.29. The van der Waals surface area contributed by atoms with E-state index in [2.05, 4.69) is 10.3 Å². The molecule has 0 saturated carbocycles. The number of imidazole rings is 1. The zero-order valence-corrected chi connectivity index (χ0v) is 14.5. The third kappa shape index (κ3) is 4.19. The predicted molar refractivity (Wildman–Crippen MR) is 91.1 cm³/mol. The topological polar surface area (TPSA) is 65.4 Å². The molecule has 2 rings (SSSR count). The number of thioether (sulfide) groups is 1. The highest BCUT2D eigenvalue weighted by molar-refractivity contribution is 7.99. The fourth-order valence-corrected chi connectivity index (χ4v) is 2.63. The van der Waals surface area contributed by atoms with Crippen molar-refractivity contribution >= 4 is 17.7 Å². The van der Waals surface area contributed by atoms with Gasteiger partial charge in [-0.2, -0.15) is 11.8 Å². The second-order valence-corrected chi connectivity index (χ2v) is 5.84. The summed E-state index contributed by atoms with van der Waals surface area (Å²) < 4.78 is 12.5. The number of aryl methyl sites for hydroxylation is 1. The number of hydrogen-bond donors (Lipinski definition) is 1. The van der Waals surface area contributed by atoms with Gasteiger partial charge in [0.05, 0.1) is 20.0 Å². The van der Waals surface area contributed by atoms with Crippen LogP contribution in [0.1, 0.15) is 17.4 Å². The number of nitrogens with zero attached hydrogens (tertiary/aromatic N) is 2. The molecule has 124 valence electrons. The molecule has 0 aliphatic rings. The van der Waals surface area contributed by atoms with Crippen LogP contribution in [0, 0.1) is 0 Å². The number of amides is 1. The van der Waals surface area contributed by atoms with Crippen molar-refractivity contribution in [2.45, 2.75) is 6.04 Å². The van der Waals surface area contributed by atoms with Crippen molar-refractivity contribution in [1.82, 2.24) is 14.9 Å². The highest BCUT2D eigenvalue weighted by atomic mass is 32.2. The van der Waals surface area contributed by atoms with Gasteiger partial charge in [-0.15, -0.1) is 0 Å². The van der Waals surface area contributed by atoms with Crippen LogP contribution in [0.4, 0.5) is 0 Å². The molecule has 0 radical (unpaired) electrons. The summed E-state index contributed by atoms with van der Waals surface area (Å²) in [7, 11) is 5.09. The molecule has 6 nitrogen and oxygen atoms in total. The summed E-state index contributed by atoms with van der Waals surface area (Å²) in [5, 5.41) is 3.03. The Kier molecular flexibility index (Phi) is 5.92. The van der Waals surface area contributed by atoms with Crippen molar-refractivity contribution in [3.8, 4) is 11.5 Å². The van der Waals surface area contributed by atoms with Crippen molar-refractivity contribution in [3.05, 3.63) is 42.0 Å². The van der Waals surface area contributed by atoms with Gasteiger partial charge in [0.2, 0.25) is 5.91 Å². The van der Waals surface area contributed by atoms with Gasteiger partial charge in [0, 0.05) is 25.5 Å². The lowest BCUT2D eigenvalue weighted by atomic mass is 10.0. The van der Waals surface area contributed by atoms with Crippen molar-refractivity contribution in [3.63, 3.8) is 0 Å². The number of benzene rings is 1. The van der Waals surface area contributed by atoms with Crippen molar-refractivity contribution in [1.29, 1.82) is 0 Å². The number of rotatable bonds is 7. The SMILES string of the molecule is COc1cc(OC)cc(C(NC(=O)CSC)c2nccn2C)c1. The molecule has 0 spiro atoms. The number of nitrogens with one attached hydrogen (secondary N) is 1. The average molecular weight is 335 g/mol. The fourth-order valence-electron chi connectivity index (χ4n) is 2.28. The Labute approximate surface area is 140 Å². The average Bonchev–Trinajstić information content (AvgIpc) is 2.98. The quantitative estimate of drug-likeness (QED) is 0.838. The van der Waals surface area contributed by atoms with Gasteiger partial charge in [0.1, 0.15) is 23.4 Å². The largest absolute Gasteiger partial charge is 0.497 e. The van der Waals surface area contributed by atoms with Gasteiger partial charge >= 0.3 is 0 Å². The molecule has 0 aliphatic carbocycles. The van der Waals surface area contributed by atoms with E-state index < -0.39 is 0 Å². The first-order chi connectivity index (χ1) is 11.1. The predicted octanol–water partition coefficient (Wildman–Crippen LogP) is 2.01. The van der Waals surface area contributed by atoms with Gasteiger partial charge in [-0.1, -0.05) is 0 Å². The summed E-state index contributed by atoms with van der Waals surface area (Å²) in [6.07, 6.45) is 5.45. The molecule has 0 fully saturated rings. The van der Waals surface area contributed by atoms with Crippen molar-refractivity contribution in [2.75, 3.05) is 26.2 Å². The fraction of sp³-hybridized carbons (Fsp3) is 0.375. The molecule has 1 atom stereocenters. The van der Waals surface area contributed by atoms with Gasteiger partial charge in [0.15, 0.2) is 0 Å². The van der Waals surface area contributed by atoms with Crippen LogP contribution in [0.15, 0.2) is 30.6 Å².